The largest absolute Gasteiger partial charge is 0.494 e. The highest BCUT2D eigenvalue weighted by atomic mass is 32.2. The lowest BCUT2D eigenvalue weighted by Gasteiger charge is -2.21. The number of carboxylic acid groups (broad SMARTS) is 1. The Kier molecular flexibility index (Phi) is 8.03. The summed E-state index contributed by atoms with van der Waals surface area (Å²) in [7, 11) is -2.34. The SMILES string of the molecule is Cn1cnc(CCCOc2ccc(C(=O)N(N)C[C@@H](C(=O)O)S(=O)(=O)c3ccccc3)cc2)c1. The van der Waals surface area contributed by atoms with Gasteiger partial charge in [-0.1, -0.05) is 18.2 Å². The number of nitrogens with two attached hydrogens (primary N) is 1. The standard InChI is InChI=1S/C23H26N4O6S/c1-26-14-18(25-16-26)6-5-13-33-19-11-9-17(10-12-19)22(28)27(24)15-21(23(29)30)34(31,32)20-7-3-2-4-8-20/h2-4,7-12,14,16,21H,5-6,13,15,24H2,1H3,(H,29,30)/t21-/m0/s1. The molecule has 1 amide bonds. The highest BCUT2D eigenvalue weighted by Crippen LogP contribution is 2.18. The van der Waals surface area contributed by atoms with Crippen LogP contribution in [0.1, 0.15) is 22.5 Å². The molecule has 3 N–H and O–H groups in total. The molecule has 1 atom stereocenters. The van der Waals surface area contributed by atoms with Crippen LogP contribution in [0.5, 0.6) is 5.75 Å². The summed E-state index contributed by atoms with van der Waals surface area (Å²) in [4.78, 5) is 28.4. The van der Waals surface area contributed by atoms with Crippen molar-refractivity contribution >= 4 is 21.7 Å². The molecule has 10 nitrogen and oxygen atoms in total. The van der Waals surface area contributed by atoms with Crippen molar-refractivity contribution in [3.05, 3.63) is 78.4 Å². The van der Waals surface area contributed by atoms with E-state index in [0.29, 0.717) is 17.4 Å². The van der Waals surface area contributed by atoms with Crippen molar-refractivity contribution in [2.75, 3.05) is 13.2 Å². The van der Waals surface area contributed by atoms with Crippen LogP contribution in [0.25, 0.3) is 0 Å². The van der Waals surface area contributed by atoms with Crippen LogP contribution in [0.4, 0.5) is 0 Å². The Morgan fingerprint density at radius 3 is 2.41 bits per heavy atom. The lowest BCUT2D eigenvalue weighted by Crippen LogP contribution is -2.48. The average Bonchev–Trinajstić information content (AvgIpc) is 3.25. The van der Waals surface area contributed by atoms with Gasteiger partial charge in [0.2, 0.25) is 0 Å². The van der Waals surface area contributed by atoms with Gasteiger partial charge in [0.05, 0.1) is 30.1 Å². The average molecular weight is 487 g/mol. The fourth-order valence-electron chi connectivity index (χ4n) is 3.24. The lowest BCUT2D eigenvalue weighted by molar-refractivity contribution is -0.136. The number of aryl methyl sites for hydroxylation is 2. The van der Waals surface area contributed by atoms with Crippen LogP contribution in [-0.2, 0) is 28.1 Å². The second kappa shape index (κ2) is 10.9. The number of hydrazine groups is 1. The van der Waals surface area contributed by atoms with E-state index in [1.807, 2.05) is 17.8 Å². The van der Waals surface area contributed by atoms with E-state index in [9.17, 15) is 23.1 Å². The number of carbonyl (C=O) groups is 2. The number of benzene rings is 2. The van der Waals surface area contributed by atoms with Crippen LogP contribution in [0.3, 0.4) is 0 Å². The molecule has 2 aromatic carbocycles. The van der Waals surface area contributed by atoms with Gasteiger partial charge in [-0.05, 0) is 49.2 Å². The third-order valence-corrected chi connectivity index (χ3v) is 7.08. The molecule has 0 radical (unpaired) electrons. The van der Waals surface area contributed by atoms with Crippen LogP contribution in [-0.4, -0.2) is 58.4 Å². The number of ether oxygens (including phenoxy) is 1. The predicted molar refractivity (Wildman–Crippen MR) is 124 cm³/mol. The zero-order chi connectivity index (χ0) is 24.7. The predicted octanol–water partition coefficient (Wildman–Crippen LogP) is 1.67. The van der Waals surface area contributed by atoms with Crippen molar-refractivity contribution in [3.63, 3.8) is 0 Å². The van der Waals surface area contributed by atoms with Gasteiger partial charge >= 0.3 is 5.97 Å². The Morgan fingerprint density at radius 2 is 1.82 bits per heavy atom. The van der Waals surface area contributed by atoms with Crippen LogP contribution in [0, 0.1) is 0 Å². The molecule has 34 heavy (non-hydrogen) atoms. The molecule has 180 valence electrons. The minimum absolute atomic E-state index is 0.159. The first-order chi connectivity index (χ1) is 16.2. The Bertz CT molecular complexity index is 1230. The van der Waals surface area contributed by atoms with Crippen molar-refractivity contribution in [1.29, 1.82) is 0 Å². The molecule has 0 unspecified atom stereocenters. The van der Waals surface area contributed by atoms with Crippen LogP contribution in [0.2, 0.25) is 0 Å². The van der Waals surface area contributed by atoms with Gasteiger partial charge in [0.15, 0.2) is 15.1 Å². The fraction of sp³-hybridized carbons (Fsp3) is 0.261. The van der Waals surface area contributed by atoms with Crippen molar-refractivity contribution in [3.8, 4) is 5.75 Å². The molecule has 0 aliphatic rings. The maximum absolute atomic E-state index is 12.7. The number of nitrogens with zero attached hydrogens (tertiary/aromatic N) is 3. The molecular formula is C23H26N4O6S. The number of amides is 1. The second-order valence-electron chi connectivity index (χ2n) is 7.65. The molecule has 0 spiro atoms. The smallest absolute Gasteiger partial charge is 0.324 e. The topological polar surface area (TPSA) is 145 Å². The number of imidazole rings is 1. The Balaban J connectivity index is 1.58. The summed E-state index contributed by atoms with van der Waals surface area (Å²) >= 11 is 0. The lowest BCUT2D eigenvalue weighted by atomic mass is 10.2. The van der Waals surface area contributed by atoms with Gasteiger partial charge in [-0.3, -0.25) is 14.6 Å². The summed E-state index contributed by atoms with van der Waals surface area (Å²) in [6.07, 6.45) is 5.22. The number of hydrogen-bond donors (Lipinski definition) is 2. The maximum Gasteiger partial charge on any atom is 0.324 e. The van der Waals surface area contributed by atoms with E-state index in [-0.39, 0.29) is 10.5 Å². The molecule has 1 heterocycles. The van der Waals surface area contributed by atoms with E-state index >= 15 is 0 Å². The summed E-state index contributed by atoms with van der Waals surface area (Å²) < 4.78 is 33.0. The number of carbonyl (C=O) groups excluding carboxylic acids is 1. The van der Waals surface area contributed by atoms with E-state index in [1.54, 1.807) is 24.5 Å². The number of aliphatic carboxylic acids is 1. The van der Waals surface area contributed by atoms with E-state index in [0.717, 1.165) is 18.5 Å². The highest BCUT2D eigenvalue weighted by molar-refractivity contribution is 7.92. The van der Waals surface area contributed by atoms with Crippen molar-refractivity contribution in [1.82, 2.24) is 14.6 Å². The van der Waals surface area contributed by atoms with Gasteiger partial charge in [0, 0.05) is 18.8 Å². The molecule has 0 saturated carbocycles. The Hall–Kier alpha value is -3.70. The molecule has 3 rings (SSSR count). The molecule has 11 heteroatoms. The summed E-state index contributed by atoms with van der Waals surface area (Å²) in [5, 5.41) is 8.18. The third-order valence-electron chi connectivity index (χ3n) is 5.05. The number of sulfone groups is 1. The number of rotatable bonds is 11. The van der Waals surface area contributed by atoms with Gasteiger partial charge in [-0.25, -0.2) is 19.2 Å². The molecule has 0 aliphatic heterocycles. The van der Waals surface area contributed by atoms with Crippen LogP contribution >= 0.6 is 0 Å². The first-order valence-corrected chi connectivity index (χ1v) is 12.0. The summed E-state index contributed by atoms with van der Waals surface area (Å²) in [6, 6.07) is 13.3. The molecule has 0 fully saturated rings. The molecule has 1 aromatic heterocycles. The minimum atomic E-state index is -4.25. The van der Waals surface area contributed by atoms with Crippen LogP contribution in [0.15, 0.2) is 72.0 Å². The zero-order valence-electron chi connectivity index (χ0n) is 18.6. The molecule has 0 bridgehead atoms. The van der Waals surface area contributed by atoms with Gasteiger partial charge in [0.25, 0.3) is 5.91 Å². The molecule has 3 aromatic rings. The Morgan fingerprint density at radius 1 is 1.15 bits per heavy atom. The first-order valence-electron chi connectivity index (χ1n) is 10.5. The highest BCUT2D eigenvalue weighted by Gasteiger charge is 2.36. The number of hydrogen-bond acceptors (Lipinski definition) is 7. The van der Waals surface area contributed by atoms with Crippen LogP contribution < -0.4 is 10.6 Å². The normalized spacial score (nSPS) is 12.2. The van der Waals surface area contributed by atoms with Gasteiger partial charge in [0.1, 0.15) is 5.75 Å². The maximum atomic E-state index is 12.7. The molecule has 0 saturated heterocycles. The van der Waals surface area contributed by atoms with Crippen molar-refractivity contribution in [2.45, 2.75) is 23.0 Å². The molecular weight excluding hydrogens is 460 g/mol. The fourth-order valence-corrected chi connectivity index (χ4v) is 4.73. The quantitative estimate of drug-likeness (QED) is 0.180. The summed E-state index contributed by atoms with van der Waals surface area (Å²) in [5.41, 5.74) is 1.15. The first kappa shape index (κ1) is 24.9. The Labute approximate surface area is 197 Å². The van der Waals surface area contributed by atoms with Gasteiger partial charge < -0.3 is 14.4 Å². The van der Waals surface area contributed by atoms with E-state index in [2.05, 4.69) is 4.98 Å². The zero-order valence-corrected chi connectivity index (χ0v) is 19.4. The second-order valence-corrected chi connectivity index (χ2v) is 9.78. The van der Waals surface area contributed by atoms with Gasteiger partial charge in [-0.15, -0.1) is 0 Å². The monoisotopic (exact) mass is 486 g/mol. The van der Waals surface area contributed by atoms with Crippen molar-refractivity contribution < 1.29 is 27.9 Å². The van der Waals surface area contributed by atoms with E-state index in [1.165, 1.54) is 36.4 Å². The third kappa shape index (κ3) is 6.21. The van der Waals surface area contributed by atoms with Crippen molar-refractivity contribution in [2.24, 2.45) is 12.9 Å². The number of carboxylic acids is 1. The summed E-state index contributed by atoms with van der Waals surface area (Å²) in [5.74, 6) is 4.02. The van der Waals surface area contributed by atoms with E-state index in [4.69, 9.17) is 10.6 Å². The number of aromatic nitrogens is 2. The summed E-state index contributed by atoms with van der Waals surface area (Å²) in [6.45, 7) is -0.248. The van der Waals surface area contributed by atoms with Gasteiger partial charge in [-0.2, -0.15) is 0 Å². The van der Waals surface area contributed by atoms with E-state index < -0.39 is 33.5 Å². The molecule has 0 aliphatic carbocycles. The minimum Gasteiger partial charge on any atom is -0.494 e.